The van der Waals surface area contributed by atoms with Crippen LogP contribution in [-0.2, 0) is 10.0 Å². The van der Waals surface area contributed by atoms with Gasteiger partial charge in [0.25, 0.3) is 0 Å². The molecule has 0 fully saturated rings. The summed E-state index contributed by atoms with van der Waals surface area (Å²) in [6.07, 6.45) is 0. The molecule has 0 saturated carbocycles. The van der Waals surface area contributed by atoms with Gasteiger partial charge in [0.15, 0.2) is 0 Å². The van der Waals surface area contributed by atoms with Crippen molar-refractivity contribution in [1.82, 2.24) is 4.72 Å². The van der Waals surface area contributed by atoms with Crippen molar-refractivity contribution in [2.45, 2.75) is 17.9 Å². The molecule has 2 aromatic carbocycles. The predicted molar refractivity (Wildman–Crippen MR) is 94.7 cm³/mol. The highest BCUT2D eigenvalue weighted by Crippen LogP contribution is 2.27. The number of rotatable bonds is 4. The molecule has 21 heavy (non-hydrogen) atoms. The van der Waals surface area contributed by atoms with E-state index in [1.165, 1.54) is 0 Å². The summed E-state index contributed by atoms with van der Waals surface area (Å²) >= 11 is 9.93. The van der Waals surface area contributed by atoms with Crippen molar-refractivity contribution in [3.63, 3.8) is 0 Å². The lowest BCUT2D eigenvalue weighted by Crippen LogP contribution is -2.27. The van der Waals surface area contributed by atoms with Crippen LogP contribution in [-0.4, -0.2) is 8.42 Å². The van der Waals surface area contributed by atoms with Crippen LogP contribution in [0.3, 0.4) is 0 Å². The molecule has 2 rings (SSSR count). The van der Waals surface area contributed by atoms with Crippen molar-refractivity contribution in [3.8, 4) is 0 Å². The van der Waals surface area contributed by atoms with Crippen LogP contribution in [0.2, 0.25) is 0 Å². The van der Waals surface area contributed by atoms with Gasteiger partial charge >= 0.3 is 0 Å². The fourth-order valence-corrected chi connectivity index (χ4v) is 4.80. The molecular weight excluding hydrogens is 486 g/mol. The van der Waals surface area contributed by atoms with Gasteiger partial charge in [-0.3, -0.25) is 0 Å². The van der Waals surface area contributed by atoms with E-state index >= 15 is 0 Å². The molecule has 0 unspecified atom stereocenters. The summed E-state index contributed by atoms with van der Waals surface area (Å²) in [6.45, 7) is 1.81. The molecule has 7 heteroatoms. The Balaban J connectivity index is 2.28. The second-order valence-corrected chi connectivity index (χ2v) is 8.84. The maximum atomic E-state index is 12.5. The molecule has 0 bridgehead atoms. The fraction of sp³-hybridized carbons (Fsp3) is 0.143. The summed E-state index contributed by atoms with van der Waals surface area (Å²) in [4.78, 5) is 0.209. The maximum absolute atomic E-state index is 12.5. The lowest BCUT2D eigenvalue weighted by Gasteiger charge is -2.15. The van der Waals surface area contributed by atoms with E-state index in [1.54, 1.807) is 18.2 Å². The van der Waals surface area contributed by atoms with Crippen LogP contribution < -0.4 is 4.72 Å². The summed E-state index contributed by atoms with van der Waals surface area (Å²) in [5.74, 6) is 0. The van der Waals surface area contributed by atoms with E-state index in [0.29, 0.717) is 8.95 Å². The molecule has 0 aliphatic rings. The lowest BCUT2D eigenvalue weighted by atomic mass is 10.1. The molecule has 0 amide bonds. The third-order valence-corrected chi connectivity index (χ3v) is 6.44. The van der Waals surface area contributed by atoms with Crippen molar-refractivity contribution >= 4 is 57.8 Å². The molecule has 2 aromatic rings. The number of nitrogens with one attached hydrogen (secondary N) is 1. The molecule has 0 aliphatic carbocycles. The van der Waals surface area contributed by atoms with Gasteiger partial charge in [-0.25, -0.2) is 13.1 Å². The fourth-order valence-electron chi connectivity index (χ4n) is 1.80. The highest BCUT2D eigenvalue weighted by Gasteiger charge is 2.21. The van der Waals surface area contributed by atoms with Crippen LogP contribution in [0.5, 0.6) is 0 Å². The minimum Gasteiger partial charge on any atom is -0.207 e. The van der Waals surface area contributed by atoms with Gasteiger partial charge in [0.1, 0.15) is 0 Å². The van der Waals surface area contributed by atoms with Gasteiger partial charge in [-0.15, -0.1) is 0 Å². The number of hydrogen-bond acceptors (Lipinski definition) is 2. The van der Waals surface area contributed by atoms with Gasteiger partial charge in [0.05, 0.1) is 4.90 Å². The highest BCUT2D eigenvalue weighted by atomic mass is 79.9. The zero-order valence-corrected chi connectivity index (χ0v) is 16.6. The van der Waals surface area contributed by atoms with Crippen molar-refractivity contribution in [3.05, 3.63) is 61.4 Å². The van der Waals surface area contributed by atoms with E-state index in [4.69, 9.17) is 0 Å². The number of sulfonamides is 1. The van der Waals surface area contributed by atoms with Crippen LogP contribution in [0.15, 0.2) is 60.8 Å². The van der Waals surface area contributed by atoms with Gasteiger partial charge < -0.3 is 0 Å². The molecule has 0 spiro atoms. The van der Waals surface area contributed by atoms with Crippen LogP contribution >= 0.6 is 47.8 Å². The first-order chi connectivity index (χ1) is 9.79. The minimum atomic E-state index is -3.61. The van der Waals surface area contributed by atoms with E-state index in [-0.39, 0.29) is 10.9 Å². The van der Waals surface area contributed by atoms with Crippen molar-refractivity contribution < 1.29 is 8.42 Å². The van der Waals surface area contributed by atoms with Crippen LogP contribution in [0, 0.1) is 0 Å². The van der Waals surface area contributed by atoms with E-state index < -0.39 is 10.0 Å². The molecular formula is C14H12Br3NO2S. The summed E-state index contributed by atoms with van der Waals surface area (Å²) in [5, 5.41) is 0. The number of benzene rings is 2. The second-order valence-electron chi connectivity index (χ2n) is 4.47. The minimum absolute atomic E-state index is 0.209. The zero-order valence-electron chi connectivity index (χ0n) is 11.0. The van der Waals surface area contributed by atoms with Crippen LogP contribution in [0.4, 0.5) is 0 Å². The first kappa shape index (κ1) is 17.1. The Kier molecular flexibility index (Phi) is 5.65. The lowest BCUT2D eigenvalue weighted by molar-refractivity contribution is 0.566. The van der Waals surface area contributed by atoms with E-state index in [2.05, 4.69) is 52.5 Å². The normalized spacial score (nSPS) is 13.1. The maximum Gasteiger partial charge on any atom is 0.242 e. The Bertz CT molecular complexity index is 745. The highest BCUT2D eigenvalue weighted by molar-refractivity contribution is 9.11. The molecule has 0 aliphatic heterocycles. The molecule has 1 atom stereocenters. The Morgan fingerprint density at radius 3 is 2.14 bits per heavy atom. The average Bonchev–Trinajstić information content (AvgIpc) is 2.41. The summed E-state index contributed by atoms with van der Waals surface area (Å²) in [7, 11) is -3.61. The molecule has 0 heterocycles. The van der Waals surface area contributed by atoms with Gasteiger partial charge in [0, 0.05) is 19.5 Å². The molecule has 112 valence electrons. The predicted octanol–water partition coefficient (Wildman–Crippen LogP) is 5.01. The third-order valence-electron chi connectivity index (χ3n) is 2.88. The molecule has 0 saturated heterocycles. The number of hydrogen-bond donors (Lipinski definition) is 1. The summed E-state index contributed by atoms with van der Waals surface area (Å²) in [6, 6.07) is 12.3. The van der Waals surface area contributed by atoms with Gasteiger partial charge in [-0.05, 0) is 58.7 Å². The molecule has 3 nitrogen and oxygen atoms in total. The van der Waals surface area contributed by atoms with Crippen molar-refractivity contribution in [2.75, 3.05) is 0 Å². The van der Waals surface area contributed by atoms with E-state index in [0.717, 1.165) is 10.0 Å². The molecule has 0 radical (unpaired) electrons. The van der Waals surface area contributed by atoms with E-state index in [9.17, 15) is 8.42 Å². The summed E-state index contributed by atoms with van der Waals surface area (Å²) < 4.78 is 29.8. The van der Waals surface area contributed by atoms with Crippen molar-refractivity contribution in [1.29, 1.82) is 0 Å². The Labute approximate surface area is 149 Å². The van der Waals surface area contributed by atoms with Crippen LogP contribution in [0.25, 0.3) is 0 Å². The third kappa shape index (κ3) is 4.39. The topological polar surface area (TPSA) is 46.2 Å². The van der Waals surface area contributed by atoms with Gasteiger partial charge in [-0.2, -0.15) is 0 Å². The quantitative estimate of drug-likeness (QED) is 0.645. The monoisotopic (exact) mass is 495 g/mol. The largest absolute Gasteiger partial charge is 0.242 e. The Hall–Kier alpha value is -0.210. The first-order valence-electron chi connectivity index (χ1n) is 6.02. The first-order valence-corrected chi connectivity index (χ1v) is 9.88. The second kappa shape index (κ2) is 6.91. The SMILES string of the molecule is C[C@H](NS(=O)(=O)c1cc(Br)ccc1Br)c1ccc(Br)cc1. The zero-order chi connectivity index (χ0) is 15.6. The standard InChI is InChI=1S/C14H12Br3NO2S/c1-9(10-2-4-11(15)5-3-10)18-21(19,20)14-8-12(16)6-7-13(14)17/h2-9,18H,1H3/t9-/m0/s1. The molecule has 0 aromatic heterocycles. The summed E-state index contributed by atoms with van der Waals surface area (Å²) in [5.41, 5.74) is 0.896. The Morgan fingerprint density at radius 1 is 0.952 bits per heavy atom. The van der Waals surface area contributed by atoms with Gasteiger partial charge in [-0.1, -0.05) is 44.0 Å². The van der Waals surface area contributed by atoms with E-state index in [1.807, 2.05) is 31.2 Å². The number of halogens is 3. The van der Waals surface area contributed by atoms with Gasteiger partial charge in [0.2, 0.25) is 10.0 Å². The molecule has 1 N–H and O–H groups in total. The van der Waals surface area contributed by atoms with Crippen LogP contribution in [0.1, 0.15) is 18.5 Å². The Morgan fingerprint density at radius 2 is 1.52 bits per heavy atom. The van der Waals surface area contributed by atoms with Crippen molar-refractivity contribution in [2.24, 2.45) is 0 Å². The average molecular weight is 498 g/mol. The smallest absolute Gasteiger partial charge is 0.207 e.